The van der Waals surface area contributed by atoms with E-state index in [9.17, 15) is 4.79 Å². The topological polar surface area (TPSA) is 40.5 Å². The van der Waals surface area contributed by atoms with Gasteiger partial charge in [0.25, 0.3) is 0 Å². The summed E-state index contributed by atoms with van der Waals surface area (Å²) in [6, 6.07) is 0. The molecule has 3 nitrogen and oxygen atoms in total. The third-order valence-corrected chi connectivity index (χ3v) is 0.513. The van der Waals surface area contributed by atoms with Crippen LogP contribution in [0.5, 0.6) is 0 Å². The fourth-order valence-electron chi connectivity index (χ4n) is 0. The maximum Gasteiger partial charge on any atom is 0.427 e. The first-order valence-corrected chi connectivity index (χ1v) is 1.85. The zero-order chi connectivity index (χ0) is 5.15. The first kappa shape index (κ1) is 10.6. The molecular formula is CH3NO2RhS2. The molecule has 1 amide bonds. The van der Waals surface area contributed by atoms with Crippen LogP contribution < -0.4 is 0 Å². The Morgan fingerprint density at radius 3 is 1.71 bits per heavy atom. The first-order chi connectivity index (χ1) is 2.64. The minimum absolute atomic E-state index is 0. The number of carbonyl (C=O) groups is 1. The quantitative estimate of drug-likeness (QED) is 0.421. The van der Waals surface area contributed by atoms with E-state index in [-0.39, 0.29) is 19.5 Å². The molecule has 0 aromatic carbocycles. The van der Waals surface area contributed by atoms with E-state index in [0.29, 0.717) is 3.71 Å². The van der Waals surface area contributed by atoms with Crippen molar-refractivity contribution in [3.63, 3.8) is 0 Å². The van der Waals surface area contributed by atoms with E-state index in [0.717, 1.165) is 0 Å². The molecule has 0 rings (SSSR count). The van der Waals surface area contributed by atoms with E-state index in [4.69, 9.17) is 5.11 Å². The Hall–Kier alpha value is 0.593. The van der Waals surface area contributed by atoms with Gasteiger partial charge in [-0.2, -0.15) is 3.71 Å². The van der Waals surface area contributed by atoms with Crippen LogP contribution in [-0.4, -0.2) is 14.9 Å². The van der Waals surface area contributed by atoms with Crippen molar-refractivity contribution in [2.75, 3.05) is 0 Å². The molecule has 0 aliphatic rings. The third kappa shape index (κ3) is 6.59. The van der Waals surface area contributed by atoms with E-state index in [1.54, 1.807) is 0 Å². The summed E-state index contributed by atoms with van der Waals surface area (Å²) in [4.78, 5) is 9.47. The van der Waals surface area contributed by atoms with Crippen LogP contribution in [-0.2, 0) is 19.5 Å². The van der Waals surface area contributed by atoms with Crippen molar-refractivity contribution in [1.82, 2.24) is 3.71 Å². The van der Waals surface area contributed by atoms with Gasteiger partial charge in [-0.15, -0.1) is 0 Å². The summed E-state index contributed by atoms with van der Waals surface area (Å²) >= 11 is 6.58. The van der Waals surface area contributed by atoms with Gasteiger partial charge >= 0.3 is 6.09 Å². The molecule has 0 aliphatic heterocycles. The second-order valence-corrected chi connectivity index (χ2v) is 1.69. The summed E-state index contributed by atoms with van der Waals surface area (Å²) in [5.41, 5.74) is 0. The van der Waals surface area contributed by atoms with Crippen LogP contribution in [0.2, 0.25) is 0 Å². The Morgan fingerprint density at radius 1 is 1.57 bits per heavy atom. The number of hydrogen-bond donors (Lipinski definition) is 3. The summed E-state index contributed by atoms with van der Waals surface area (Å²) in [5, 5.41) is 7.76. The van der Waals surface area contributed by atoms with Crippen molar-refractivity contribution >= 4 is 31.7 Å². The Kier molecular flexibility index (Phi) is 7.15. The largest absolute Gasteiger partial charge is 0.464 e. The SMILES string of the molecule is O=C(O)N(S)S.[Rh]. The van der Waals surface area contributed by atoms with Crippen molar-refractivity contribution in [2.24, 2.45) is 0 Å². The van der Waals surface area contributed by atoms with Crippen molar-refractivity contribution in [3.8, 4) is 0 Å². The summed E-state index contributed by atoms with van der Waals surface area (Å²) in [6.45, 7) is 0. The van der Waals surface area contributed by atoms with Gasteiger partial charge in [0.2, 0.25) is 0 Å². The smallest absolute Gasteiger partial charge is 0.427 e. The number of thiol groups is 2. The van der Waals surface area contributed by atoms with Gasteiger partial charge in [0.05, 0.1) is 0 Å². The zero-order valence-corrected chi connectivity index (χ0v) is 6.46. The Morgan fingerprint density at radius 2 is 1.71 bits per heavy atom. The average molecular weight is 228 g/mol. The van der Waals surface area contributed by atoms with Gasteiger partial charge in [-0.3, -0.25) is 0 Å². The number of amides is 1. The third-order valence-electron chi connectivity index (χ3n) is 0.171. The molecule has 0 saturated heterocycles. The van der Waals surface area contributed by atoms with Crippen LogP contribution in [0, 0.1) is 0 Å². The average Bonchev–Trinajstić information content (AvgIpc) is 1.36. The molecule has 0 heterocycles. The zero-order valence-electron chi connectivity index (χ0n) is 3.03. The molecule has 6 heteroatoms. The number of carboxylic acid groups (broad SMARTS) is 1. The molecule has 0 fully saturated rings. The Bertz CT molecular complexity index is 66.7. The maximum absolute atomic E-state index is 9.47. The van der Waals surface area contributed by atoms with Gasteiger partial charge in [-0.25, -0.2) is 4.79 Å². The molecule has 0 aliphatic carbocycles. The monoisotopic (exact) mass is 228 g/mol. The molecule has 0 aromatic heterocycles. The molecule has 0 bridgehead atoms. The van der Waals surface area contributed by atoms with E-state index < -0.39 is 6.09 Å². The predicted octanol–water partition coefficient (Wildman–Crippen LogP) is 0.653. The minimum atomic E-state index is -1.18. The van der Waals surface area contributed by atoms with Gasteiger partial charge in [0, 0.05) is 19.5 Å². The minimum Gasteiger partial charge on any atom is -0.464 e. The predicted molar refractivity (Wildman–Crippen MR) is 27.8 cm³/mol. The van der Waals surface area contributed by atoms with Crippen LogP contribution in [0.15, 0.2) is 0 Å². The number of rotatable bonds is 0. The van der Waals surface area contributed by atoms with Crippen LogP contribution >= 0.6 is 25.6 Å². The normalized spacial score (nSPS) is 6.57. The molecule has 1 radical (unpaired) electrons. The molecule has 0 atom stereocenters. The molecule has 45 valence electrons. The molecule has 7 heavy (non-hydrogen) atoms. The second kappa shape index (κ2) is 4.75. The first-order valence-electron chi connectivity index (χ1n) is 1.05. The second-order valence-electron chi connectivity index (χ2n) is 0.572. The molecule has 0 aromatic rings. The van der Waals surface area contributed by atoms with Crippen molar-refractivity contribution in [1.29, 1.82) is 0 Å². The van der Waals surface area contributed by atoms with Crippen molar-refractivity contribution < 1.29 is 29.4 Å². The van der Waals surface area contributed by atoms with Gasteiger partial charge in [0.1, 0.15) is 0 Å². The maximum atomic E-state index is 9.47. The fourth-order valence-corrected chi connectivity index (χ4v) is 0. The van der Waals surface area contributed by atoms with Crippen LogP contribution in [0.1, 0.15) is 0 Å². The van der Waals surface area contributed by atoms with Crippen LogP contribution in [0.25, 0.3) is 0 Å². The van der Waals surface area contributed by atoms with E-state index >= 15 is 0 Å². The van der Waals surface area contributed by atoms with Crippen molar-refractivity contribution in [2.45, 2.75) is 0 Å². The van der Waals surface area contributed by atoms with Crippen molar-refractivity contribution in [3.05, 3.63) is 0 Å². The molecule has 0 spiro atoms. The van der Waals surface area contributed by atoms with Gasteiger partial charge in [-0.1, -0.05) is 0 Å². The van der Waals surface area contributed by atoms with Crippen LogP contribution in [0.3, 0.4) is 0 Å². The van der Waals surface area contributed by atoms with E-state index in [1.807, 2.05) is 0 Å². The summed E-state index contributed by atoms with van der Waals surface area (Å²) in [5.74, 6) is 0. The number of nitrogens with zero attached hydrogens (tertiary/aromatic N) is 1. The summed E-state index contributed by atoms with van der Waals surface area (Å²) in [7, 11) is 0. The van der Waals surface area contributed by atoms with Crippen LogP contribution in [0.4, 0.5) is 4.79 Å². The fraction of sp³-hybridized carbons (Fsp3) is 0. The standard InChI is InChI=1S/CH3NO2S2.Rh/c3-1(4)2(5)6;/h5-6H,(H,3,4);. The molecular weight excluding hydrogens is 225 g/mol. The Balaban J connectivity index is 0. The van der Waals surface area contributed by atoms with Gasteiger partial charge < -0.3 is 5.11 Å². The Labute approximate surface area is 64.9 Å². The van der Waals surface area contributed by atoms with E-state index in [1.165, 1.54) is 0 Å². The molecule has 0 saturated carbocycles. The summed E-state index contributed by atoms with van der Waals surface area (Å²) in [6.07, 6.45) is -1.18. The van der Waals surface area contributed by atoms with Gasteiger partial charge in [-0.05, 0) is 25.6 Å². The van der Waals surface area contributed by atoms with Gasteiger partial charge in [0.15, 0.2) is 0 Å². The van der Waals surface area contributed by atoms with E-state index in [2.05, 4.69) is 25.6 Å². The summed E-state index contributed by atoms with van der Waals surface area (Å²) < 4.78 is 0.472. The molecule has 0 unspecified atom stereocenters. The number of hydrogen-bond acceptors (Lipinski definition) is 3. The molecule has 1 N–H and O–H groups in total.